The van der Waals surface area contributed by atoms with Gasteiger partial charge in [0.05, 0.1) is 57.5 Å². The predicted molar refractivity (Wildman–Crippen MR) is 166 cm³/mol. The number of ether oxygens (including phenoxy) is 2. The molecule has 1 aromatic carbocycles. The second-order valence-electron chi connectivity index (χ2n) is 12.8. The van der Waals surface area contributed by atoms with Crippen molar-refractivity contribution in [2.45, 2.75) is 82.7 Å². The molecule has 3 atom stereocenters. The van der Waals surface area contributed by atoms with Gasteiger partial charge in [0.15, 0.2) is 11.6 Å². The SMILES string of the molecule is CC(=O)c1nn2c(c1Cl)CN(c1nc(OC[C@@]34CCCN3C[C@H](F)C4)nc3c1CO[C@H](c1c(F)c(N)cc(Cl)c1C(F)(F)F)C3)CCC2. The van der Waals surface area contributed by atoms with Crippen molar-refractivity contribution < 1.29 is 36.2 Å². The van der Waals surface area contributed by atoms with E-state index in [1.807, 2.05) is 4.90 Å². The minimum atomic E-state index is -5.00. The highest BCUT2D eigenvalue weighted by molar-refractivity contribution is 6.34. The van der Waals surface area contributed by atoms with Crippen molar-refractivity contribution in [2.75, 3.05) is 36.9 Å². The van der Waals surface area contributed by atoms with Crippen molar-refractivity contribution in [2.24, 2.45) is 0 Å². The van der Waals surface area contributed by atoms with Crippen molar-refractivity contribution >= 4 is 40.5 Å². The Balaban J connectivity index is 1.29. The van der Waals surface area contributed by atoms with Crippen LogP contribution in [0.15, 0.2) is 6.07 Å². The zero-order valence-electron chi connectivity index (χ0n) is 25.8. The van der Waals surface area contributed by atoms with Crippen molar-refractivity contribution in [3.63, 3.8) is 0 Å². The van der Waals surface area contributed by atoms with E-state index < -0.39 is 51.6 Å². The van der Waals surface area contributed by atoms with Gasteiger partial charge in [0.2, 0.25) is 0 Å². The fourth-order valence-corrected chi connectivity index (χ4v) is 8.19. The van der Waals surface area contributed by atoms with Crippen LogP contribution in [0.5, 0.6) is 6.01 Å². The molecule has 6 heterocycles. The molecule has 0 saturated carbocycles. The Morgan fingerprint density at radius 3 is 2.75 bits per heavy atom. The second kappa shape index (κ2) is 12.3. The molecule has 2 N–H and O–H groups in total. The number of carbonyl (C=O) groups is 1. The van der Waals surface area contributed by atoms with Crippen molar-refractivity contribution in [1.82, 2.24) is 24.6 Å². The zero-order chi connectivity index (χ0) is 34.1. The molecule has 2 fully saturated rings. The van der Waals surface area contributed by atoms with Gasteiger partial charge in [0.25, 0.3) is 0 Å². The second-order valence-corrected chi connectivity index (χ2v) is 13.6. The minimum absolute atomic E-state index is 0.0525. The van der Waals surface area contributed by atoms with E-state index in [0.717, 1.165) is 25.5 Å². The number of hydrogen-bond donors (Lipinski definition) is 1. The molecule has 4 aliphatic heterocycles. The van der Waals surface area contributed by atoms with E-state index in [0.29, 0.717) is 55.2 Å². The lowest BCUT2D eigenvalue weighted by molar-refractivity contribution is -0.140. The number of hydrogen-bond acceptors (Lipinski definition) is 9. The maximum absolute atomic E-state index is 15.4. The van der Waals surface area contributed by atoms with Crippen LogP contribution < -0.4 is 15.4 Å². The first-order valence-corrected chi connectivity index (χ1v) is 16.4. The number of alkyl halides is 4. The number of nitrogens with zero attached hydrogens (tertiary/aromatic N) is 6. The van der Waals surface area contributed by atoms with Gasteiger partial charge < -0.3 is 20.1 Å². The van der Waals surface area contributed by atoms with Crippen LogP contribution >= 0.6 is 23.2 Å². The number of halogens is 7. The van der Waals surface area contributed by atoms with Crippen LogP contribution in [0.2, 0.25) is 10.0 Å². The normalized spacial score (nSPS) is 24.3. The molecule has 10 nitrogen and oxygen atoms in total. The molecular formula is C31H32Cl2F5N7O3. The maximum atomic E-state index is 15.4. The maximum Gasteiger partial charge on any atom is 0.418 e. The van der Waals surface area contributed by atoms with Gasteiger partial charge in [-0.2, -0.15) is 28.2 Å². The summed E-state index contributed by atoms with van der Waals surface area (Å²) in [6, 6.07) is 0.679. The molecule has 3 aromatic rings. The molecule has 2 aromatic heterocycles. The van der Waals surface area contributed by atoms with Crippen LogP contribution in [-0.2, 0) is 37.0 Å². The van der Waals surface area contributed by atoms with Gasteiger partial charge in [-0.15, -0.1) is 0 Å². The van der Waals surface area contributed by atoms with Crippen LogP contribution in [0.4, 0.5) is 33.5 Å². The van der Waals surface area contributed by atoms with Crippen molar-refractivity contribution in [3.8, 4) is 6.01 Å². The number of rotatable bonds is 6. The van der Waals surface area contributed by atoms with E-state index in [2.05, 4.69) is 15.0 Å². The highest BCUT2D eigenvalue weighted by Gasteiger charge is 2.49. The summed E-state index contributed by atoms with van der Waals surface area (Å²) >= 11 is 12.6. The Morgan fingerprint density at radius 2 is 2.00 bits per heavy atom. The average Bonchev–Trinajstić information content (AvgIpc) is 3.59. The summed E-state index contributed by atoms with van der Waals surface area (Å²) in [6.45, 7) is 3.45. The topological polar surface area (TPSA) is 112 Å². The lowest BCUT2D eigenvalue weighted by Crippen LogP contribution is -2.43. The van der Waals surface area contributed by atoms with Gasteiger partial charge in [0.1, 0.15) is 24.3 Å². The van der Waals surface area contributed by atoms with Gasteiger partial charge in [0, 0.05) is 50.5 Å². The Kier molecular flexibility index (Phi) is 8.48. The summed E-state index contributed by atoms with van der Waals surface area (Å²) in [5, 5.41) is 3.87. The molecule has 0 spiro atoms. The first kappa shape index (κ1) is 33.2. The molecule has 48 heavy (non-hydrogen) atoms. The molecule has 258 valence electrons. The van der Waals surface area contributed by atoms with Gasteiger partial charge in [-0.1, -0.05) is 23.2 Å². The Hall–Kier alpha value is -3.27. The lowest BCUT2D eigenvalue weighted by atomic mass is 9.93. The molecule has 4 aliphatic rings. The Morgan fingerprint density at radius 1 is 1.21 bits per heavy atom. The lowest BCUT2D eigenvalue weighted by Gasteiger charge is -2.33. The summed E-state index contributed by atoms with van der Waals surface area (Å²) in [6.07, 6.45) is -5.15. The number of aryl methyl sites for hydroxylation is 1. The molecule has 7 rings (SSSR count). The van der Waals surface area contributed by atoms with Crippen LogP contribution in [0.25, 0.3) is 0 Å². The molecule has 0 aliphatic carbocycles. The summed E-state index contributed by atoms with van der Waals surface area (Å²) in [7, 11) is 0. The Labute approximate surface area is 282 Å². The number of fused-ring (bicyclic) bond motifs is 3. The summed E-state index contributed by atoms with van der Waals surface area (Å²) in [4.78, 5) is 25.5. The zero-order valence-corrected chi connectivity index (χ0v) is 27.4. The molecule has 0 amide bonds. The summed E-state index contributed by atoms with van der Waals surface area (Å²) < 4.78 is 86.3. The van der Waals surface area contributed by atoms with Gasteiger partial charge in [-0.05, 0) is 31.9 Å². The minimum Gasteiger partial charge on any atom is -0.461 e. The van der Waals surface area contributed by atoms with Crippen molar-refractivity contribution in [3.05, 3.63) is 55.7 Å². The van der Waals surface area contributed by atoms with E-state index >= 15 is 4.39 Å². The smallest absolute Gasteiger partial charge is 0.418 e. The predicted octanol–water partition coefficient (Wildman–Crippen LogP) is 6.10. The van der Waals surface area contributed by atoms with Crippen LogP contribution in [0, 0.1) is 5.82 Å². The fraction of sp³-hybridized carbons (Fsp3) is 0.548. The molecular weight excluding hydrogens is 684 g/mol. The van der Waals surface area contributed by atoms with E-state index in [9.17, 15) is 22.4 Å². The van der Waals surface area contributed by atoms with Crippen LogP contribution in [0.1, 0.15) is 77.3 Å². The number of nitrogen functional groups attached to an aromatic ring is 1. The number of ketones is 1. The number of nitrogens with two attached hydrogens (primary N) is 1. The third-order valence-electron chi connectivity index (χ3n) is 9.74. The van der Waals surface area contributed by atoms with Gasteiger partial charge >= 0.3 is 12.2 Å². The monoisotopic (exact) mass is 715 g/mol. The number of benzene rings is 1. The molecule has 0 bridgehead atoms. The summed E-state index contributed by atoms with van der Waals surface area (Å²) in [5.74, 6) is -1.16. The third-order valence-corrected chi connectivity index (χ3v) is 10.4. The quantitative estimate of drug-likeness (QED) is 0.184. The number of anilines is 2. The first-order chi connectivity index (χ1) is 22.8. The third kappa shape index (κ3) is 5.75. The fourth-order valence-electron chi connectivity index (χ4n) is 7.53. The van der Waals surface area contributed by atoms with E-state index in [4.69, 9.17) is 43.4 Å². The molecule has 0 radical (unpaired) electrons. The first-order valence-electron chi connectivity index (χ1n) is 15.6. The standard InChI is InChI=1S/C31H32Cl2F5N7O3/c1-15(46)27-25(33)21-12-43(5-3-7-45(21)42-27)28-17-13-47-22(23-24(31(36,37)38)18(32)8-19(39)26(23)35)9-20(17)40-29(41-28)48-14-30-4-2-6-44(30)11-16(34)10-30/h8,16,22H,2-7,9-14,39H2,1H3/t16-,22+,30+/m1/s1. The van der Waals surface area contributed by atoms with E-state index in [-0.39, 0.29) is 48.7 Å². The average molecular weight is 717 g/mol. The van der Waals surface area contributed by atoms with E-state index in [1.165, 1.54) is 6.92 Å². The van der Waals surface area contributed by atoms with Gasteiger partial charge in [-0.25, -0.2) is 8.78 Å². The van der Waals surface area contributed by atoms with Crippen molar-refractivity contribution in [1.29, 1.82) is 0 Å². The highest BCUT2D eigenvalue weighted by atomic mass is 35.5. The van der Waals surface area contributed by atoms with E-state index in [1.54, 1.807) is 4.68 Å². The molecule has 2 saturated heterocycles. The van der Waals surface area contributed by atoms with Crippen LogP contribution in [-0.4, -0.2) is 68.4 Å². The largest absolute Gasteiger partial charge is 0.461 e. The number of Topliss-reactive ketones (excluding diaryl/α,β-unsaturated/α-hetero) is 1. The molecule has 0 unspecified atom stereocenters. The summed E-state index contributed by atoms with van der Waals surface area (Å²) in [5.41, 5.74) is 4.00. The van der Waals surface area contributed by atoms with Gasteiger partial charge in [-0.3, -0.25) is 14.4 Å². The van der Waals surface area contributed by atoms with Crippen LogP contribution in [0.3, 0.4) is 0 Å². The number of carbonyl (C=O) groups excluding carboxylic acids is 1. The highest BCUT2D eigenvalue weighted by Crippen LogP contribution is 2.46. The molecule has 17 heteroatoms. The Bertz CT molecular complexity index is 1790. The number of aromatic nitrogens is 4.